The lowest BCUT2D eigenvalue weighted by Crippen LogP contribution is -2.44. The zero-order valence-electron chi connectivity index (χ0n) is 14.3. The first-order valence-corrected chi connectivity index (χ1v) is 9.55. The maximum atomic E-state index is 13.3. The lowest BCUT2D eigenvalue weighted by atomic mass is 10.1. The Labute approximate surface area is 143 Å². The molecule has 0 aromatic heterocycles. The molecular formula is C16H28FN3O3S. The minimum Gasteiger partial charge on any atom is -0.396 e. The van der Waals surface area contributed by atoms with Gasteiger partial charge in [-0.2, -0.15) is 4.31 Å². The molecule has 24 heavy (non-hydrogen) atoms. The van der Waals surface area contributed by atoms with Crippen LogP contribution in [0.5, 0.6) is 0 Å². The molecule has 1 rings (SSSR count). The smallest absolute Gasteiger partial charge is 0.243 e. The van der Waals surface area contributed by atoms with Gasteiger partial charge in [0.2, 0.25) is 10.0 Å². The van der Waals surface area contributed by atoms with Crippen LogP contribution in [0.2, 0.25) is 0 Å². The molecule has 0 spiro atoms. The zero-order valence-corrected chi connectivity index (χ0v) is 15.1. The number of aliphatic hydroxyl groups excluding tert-OH is 1. The number of benzene rings is 1. The number of sulfonamides is 1. The molecule has 0 saturated carbocycles. The van der Waals surface area contributed by atoms with Crippen molar-refractivity contribution in [1.82, 2.24) is 4.31 Å². The summed E-state index contributed by atoms with van der Waals surface area (Å²) in [6.07, 6.45) is 1.99. The van der Waals surface area contributed by atoms with Gasteiger partial charge >= 0.3 is 0 Å². The van der Waals surface area contributed by atoms with E-state index in [9.17, 15) is 17.9 Å². The van der Waals surface area contributed by atoms with Crippen molar-refractivity contribution in [3.63, 3.8) is 0 Å². The predicted octanol–water partition coefficient (Wildman–Crippen LogP) is 1.54. The number of hydrogen-bond donors (Lipinski definition) is 3. The number of aliphatic hydroxyl groups is 1. The molecular weight excluding hydrogens is 333 g/mol. The van der Waals surface area contributed by atoms with E-state index in [0.29, 0.717) is 13.0 Å². The summed E-state index contributed by atoms with van der Waals surface area (Å²) in [5.74, 6) is -0.591. The highest BCUT2D eigenvalue weighted by atomic mass is 32.2. The Kier molecular flexibility index (Phi) is 8.08. The van der Waals surface area contributed by atoms with E-state index in [1.165, 1.54) is 10.4 Å². The van der Waals surface area contributed by atoms with E-state index < -0.39 is 21.9 Å². The van der Waals surface area contributed by atoms with Gasteiger partial charge in [-0.3, -0.25) is 0 Å². The summed E-state index contributed by atoms with van der Waals surface area (Å²) in [7, 11) is -3.89. The average molecular weight is 361 g/mol. The molecule has 138 valence electrons. The minimum absolute atomic E-state index is 0.0701. The van der Waals surface area contributed by atoms with E-state index >= 15 is 0 Å². The van der Waals surface area contributed by atoms with Gasteiger partial charge in [-0.15, -0.1) is 0 Å². The maximum absolute atomic E-state index is 13.3. The third-order valence-electron chi connectivity index (χ3n) is 3.73. The van der Waals surface area contributed by atoms with Gasteiger partial charge in [0.15, 0.2) is 0 Å². The van der Waals surface area contributed by atoms with Crippen molar-refractivity contribution in [3.8, 4) is 0 Å². The highest BCUT2D eigenvalue weighted by Gasteiger charge is 2.31. The fourth-order valence-corrected chi connectivity index (χ4v) is 4.32. The third-order valence-corrected chi connectivity index (χ3v) is 5.64. The van der Waals surface area contributed by atoms with E-state index in [2.05, 4.69) is 0 Å². The fourth-order valence-electron chi connectivity index (χ4n) is 2.47. The van der Waals surface area contributed by atoms with Crippen molar-refractivity contribution in [3.05, 3.63) is 24.0 Å². The topological polar surface area (TPSA) is 110 Å². The molecule has 1 aromatic carbocycles. The maximum Gasteiger partial charge on any atom is 0.243 e. The van der Waals surface area contributed by atoms with Gasteiger partial charge in [-0.05, 0) is 43.5 Å². The van der Waals surface area contributed by atoms with E-state index in [0.717, 1.165) is 25.0 Å². The molecule has 0 aliphatic carbocycles. The molecule has 5 N–H and O–H groups in total. The van der Waals surface area contributed by atoms with E-state index in [4.69, 9.17) is 11.5 Å². The van der Waals surface area contributed by atoms with Gasteiger partial charge in [0, 0.05) is 12.6 Å². The standard InChI is InChI=1S/C16H28FN3O3S/c1-12(2)10-20(13(11-21)5-3-4-8-18)24(22,23)14-6-7-15(17)16(19)9-14/h6-7,9,12-13,21H,3-5,8,10-11,18-19H2,1-2H3. The van der Waals surface area contributed by atoms with Gasteiger partial charge in [-0.1, -0.05) is 20.3 Å². The minimum atomic E-state index is -3.89. The Morgan fingerprint density at radius 1 is 1.29 bits per heavy atom. The summed E-state index contributed by atoms with van der Waals surface area (Å²) >= 11 is 0. The number of nitrogens with zero attached hydrogens (tertiary/aromatic N) is 1. The van der Waals surface area contributed by atoms with Crippen LogP contribution in [0.3, 0.4) is 0 Å². The van der Waals surface area contributed by atoms with Crippen LogP contribution in [0.25, 0.3) is 0 Å². The van der Waals surface area contributed by atoms with Crippen LogP contribution in [-0.2, 0) is 10.0 Å². The lowest BCUT2D eigenvalue weighted by Gasteiger charge is -2.31. The van der Waals surface area contributed by atoms with Gasteiger partial charge in [0.25, 0.3) is 0 Å². The van der Waals surface area contributed by atoms with Crippen molar-refractivity contribution in [1.29, 1.82) is 0 Å². The van der Waals surface area contributed by atoms with Crippen LogP contribution >= 0.6 is 0 Å². The Morgan fingerprint density at radius 3 is 2.46 bits per heavy atom. The summed E-state index contributed by atoms with van der Waals surface area (Å²) in [6.45, 7) is 4.29. The van der Waals surface area contributed by atoms with Crippen LogP contribution in [-0.4, -0.2) is 43.6 Å². The molecule has 0 heterocycles. The van der Waals surface area contributed by atoms with E-state index in [1.54, 1.807) is 0 Å². The Bertz CT molecular complexity index is 623. The SMILES string of the molecule is CC(C)CN(C(CO)CCCCN)S(=O)(=O)c1ccc(F)c(N)c1. The van der Waals surface area contributed by atoms with Crippen molar-refractivity contribution in [2.24, 2.45) is 11.7 Å². The number of anilines is 1. The molecule has 1 atom stereocenters. The number of nitrogen functional groups attached to an aromatic ring is 1. The van der Waals surface area contributed by atoms with Crippen molar-refractivity contribution < 1.29 is 17.9 Å². The summed E-state index contributed by atoms with van der Waals surface area (Å²) < 4.78 is 40.6. The van der Waals surface area contributed by atoms with Crippen molar-refractivity contribution >= 4 is 15.7 Å². The number of halogens is 1. The van der Waals surface area contributed by atoms with E-state index in [-0.39, 0.29) is 29.7 Å². The Hall–Kier alpha value is -1.22. The molecule has 0 aliphatic rings. The van der Waals surface area contributed by atoms with Crippen LogP contribution in [0, 0.1) is 11.7 Å². The van der Waals surface area contributed by atoms with Crippen LogP contribution in [0.1, 0.15) is 33.1 Å². The summed E-state index contributed by atoms with van der Waals surface area (Å²) in [4.78, 5) is -0.0701. The summed E-state index contributed by atoms with van der Waals surface area (Å²) in [5.41, 5.74) is 10.8. The first-order valence-electron chi connectivity index (χ1n) is 8.11. The van der Waals surface area contributed by atoms with Crippen molar-refractivity contribution in [2.75, 3.05) is 25.4 Å². The summed E-state index contributed by atoms with van der Waals surface area (Å²) in [5, 5.41) is 9.70. The Balaban J connectivity index is 3.17. The quantitative estimate of drug-likeness (QED) is 0.433. The molecule has 0 bridgehead atoms. The molecule has 0 amide bonds. The number of rotatable bonds is 10. The average Bonchev–Trinajstić information content (AvgIpc) is 2.52. The van der Waals surface area contributed by atoms with Gasteiger partial charge < -0.3 is 16.6 Å². The first kappa shape index (κ1) is 20.8. The number of hydrogen-bond acceptors (Lipinski definition) is 5. The first-order chi connectivity index (χ1) is 11.2. The highest BCUT2D eigenvalue weighted by molar-refractivity contribution is 7.89. The molecule has 0 fully saturated rings. The molecule has 8 heteroatoms. The second kappa shape index (κ2) is 9.31. The largest absolute Gasteiger partial charge is 0.396 e. The number of nitrogens with two attached hydrogens (primary N) is 2. The lowest BCUT2D eigenvalue weighted by molar-refractivity contribution is 0.168. The Morgan fingerprint density at radius 2 is 1.96 bits per heavy atom. The molecule has 1 unspecified atom stereocenters. The second-order valence-electron chi connectivity index (χ2n) is 6.27. The monoisotopic (exact) mass is 361 g/mol. The highest BCUT2D eigenvalue weighted by Crippen LogP contribution is 2.24. The molecule has 0 saturated heterocycles. The normalized spacial score (nSPS) is 13.6. The molecule has 6 nitrogen and oxygen atoms in total. The summed E-state index contributed by atoms with van der Waals surface area (Å²) in [6, 6.07) is 2.81. The molecule has 1 aromatic rings. The van der Waals surface area contributed by atoms with Crippen molar-refractivity contribution in [2.45, 2.75) is 44.0 Å². The predicted molar refractivity (Wildman–Crippen MR) is 93.3 cm³/mol. The molecule has 0 aliphatic heterocycles. The molecule has 0 radical (unpaired) electrons. The third kappa shape index (κ3) is 5.41. The zero-order chi connectivity index (χ0) is 18.3. The van der Waals surface area contributed by atoms with Gasteiger partial charge in [0.1, 0.15) is 5.82 Å². The van der Waals surface area contributed by atoms with Crippen LogP contribution in [0.15, 0.2) is 23.1 Å². The van der Waals surface area contributed by atoms with Gasteiger partial charge in [-0.25, -0.2) is 12.8 Å². The second-order valence-corrected chi connectivity index (χ2v) is 8.16. The number of unbranched alkanes of at least 4 members (excludes halogenated alkanes) is 1. The van der Waals surface area contributed by atoms with Crippen LogP contribution < -0.4 is 11.5 Å². The fraction of sp³-hybridized carbons (Fsp3) is 0.625. The van der Waals surface area contributed by atoms with Crippen LogP contribution in [0.4, 0.5) is 10.1 Å². The van der Waals surface area contributed by atoms with E-state index in [1.807, 2.05) is 13.8 Å². The van der Waals surface area contributed by atoms with Gasteiger partial charge in [0.05, 0.1) is 17.2 Å².